The van der Waals surface area contributed by atoms with E-state index in [1.54, 1.807) is 6.07 Å². The summed E-state index contributed by atoms with van der Waals surface area (Å²) in [5.41, 5.74) is 2.44. The number of rotatable bonds is 4. The molecule has 4 heteroatoms. The summed E-state index contributed by atoms with van der Waals surface area (Å²) in [5, 5.41) is 4.68. The molecule has 0 aliphatic rings. The van der Waals surface area contributed by atoms with Crippen LogP contribution in [-0.4, -0.2) is 11.5 Å². The van der Waals surface area contributed by atoms with Crippen molar-refractivity contribution in [2.75, 3.05) is 11.9 Å². The molecule has 1 heterocycles. The third-order valence-corrected chi connectivity index (χ3v) is 3.93. The number of halogens is 2. The van der Waals surface area contributed by atoms with E-state index in [1.165, 1.54) is 5.56 Å². The second-order valence-corrected chi connectivity index (χ2v) is 6.94. The van der Waals surface area contributed by atoms with Crippen molar-refractivity contribution in [2.45, 2.75) is 32.6 Å². The number of pyridine rings is 1. The quantitative estimate of drug-likeness (QED) is 0.821. The number of nitrogens with one attached hydrogen (secondary N) is 1. The molecule has 0 atom stereocenters. The summed E-state index contributed by atoms with van der Waals surface area (Å²) in [6, 6.07) is 9.73. The molecule has 2 rings (SSSR count). The second-order valence-electron chi connectivity index (χ2n) is 6.09. The molecule has 1 aromatic carbocycles. The number of hydrogen-bond acceptors (Lipinski definition) is 2. The van der Waals surface area contributed by atoms with Gasteiger partial charge in [0.1, 0.15) is 5.82 Å². The molecule has 2 aromatic rings. The maximum absolute atomic E-state index is 6.15. The molecule has 21 heavy (non-hydrogen) atoms. The van der Waals surface area contributed by atoms with Crippen molar-refractivity contribution >= 4 is 29.0 Å². The van der Waals surface area contributed by atoms with E-state index in [-0.39, 0.29) is 5.41 Å². The summed E-state index contributed by atoms with van der Waals surface area (Å²) in [4.78, 5) is 4.45. The molecule has 0 aliphatic carbocycles. The molecule has 2 nitrogen and oxygen atoms in total. The Labute approximate surface area is 136 Å². The largest absolute Gasteiger partial charge is 0.370 e. The molecule has 0 amide bonds. The lowest BCUT2D eigenvalue weighted by molar-refractivity contribution is 0.587. The highest BCUT2D eigenvalue weighted by Crippen LogP contribution is 2.23. The number of nitrogens with zero attached hydrogens (tertiary/aromatic N) is 1. The predicted molar refractivity (Wildman–Crippen MR) is 91.6 cm³/mol. The van der Waals surface area contributed by atoms with E-state index >= 15 is 0 Å². The Morgan fingerprint density at radius 1 is 1.10 bits per heavy atom. The number of hydrogen-bond donors (Lipinski definition) is 1. The van der Waals surface area contributed by atoms with Crippen LogP contribution in [0.2, 0.25) is 10.0 Å². The Hall–Kier alpha value is -1.25. The minimum absolute atomic E-state index is 0.127. The first kappa shape index (κ1) is 16.1. The summed E-state index contributed by atoms with van der Waals surface area (Å²) in [7, 11) is 0. The van der Waals surface area contributed by atoms with Crippen LogP contribution in [0, 0.1) is 0 Å². The van der Waals surface area contributed by atoms with Crippen LogP contribution in [0.3, 0.4) is 0 Å². The third-order valence-electron chi connectivity index (χ3n) is 3.35. The smallest absolute Gasteiger partial charge is 0.125 e. The molecule has 0 bridgehead atoms. The Bertz CT molecular complexity index is 601. The fraction of sp³-hybridized carbons (Fsp3) is 0.353. The molecule has 0 aliphatic heterocycles. The van der Waals surface area contributed by atoms with Gasteiger partial charge in [-0.15, -0.1) is 0 Å². The molecule has 0 spiro atoms. The number of aromatic nitrogens is 1. The molecule has 1 N–H and O–H groups in total. The number of anilines is 1. The summed E-state index contributed by atoms with van der Waals surface area (Å²) in [5.74, 6) is 0.882. The van der Waals surface area contributed by atoms with Gasteiger partial charge in [-0.25, -0.2) is 4.98 Å². The average molecular weight is 323 g/mol. The van der Waals surface area contributed by atoms with E-state index < -0.39 is 0 Å². The minimum Gasteiger partial charge on any atom is -0.370 e. The topological polar surface area (TPSA) is 24.9 Å². The van der Waals surface area contributed by atoms with Crippen LogP contribution >= 0.6 is 23.2 Å². The zero-order valence-electron chi connectivity index (χ0n) is 12.6. The van der Waals surface area contributed by atoms with Crippen molar-refractivity contribution < 1.29 is 0 Å². The minimum atomic E-state index is 0.127. The van der Waals surface area contributed by atoms with Gasteiger partial charge in [-0.3, -0.25) is 0 Å². The average Bonchev–Trinajstić information content (AvgIpc) is 2.41. The van der Waals surface area contributed by atoms with E-state index in [0.717, 1.165) is 24.3 Å². The molecule has 0 radical (unpaired) electrons. The van der Waals surface area contributed by atoms with Gasteiger partial charge in [-0.05, 0) is 41.2 Å². The highest BCUT2D eigenvalue weighted by Gasteiger charge is 2.13. The monoisotopic (exact) mass is 322 g/mol. The lowest BCUT2D eigenvalue weighted by Crippen LogP contribution is -2.12. The molecule has 0 saturated heterocycles. The van der Waals surface area contributed by atoms with Crippen LogP contribution in [0.15, 0.2) is 36.5 Å². The molecule has 0 saturated carbocycles. The molecule has 1 aromatic heterocycles. The van der Waals surface area contributed by atoms with Crippen LogP contribution in [0.1, 0.15) is 31.9 Å². The van der Waals surface area contributed by atoms with Crippen LogP contribution in [0.4, 0.5) is 5.82 Å². The van der Waals surface area contributed by atoms with Gasteiger partial charge in [-0.2, -0.15) is 0 Å². The molecule has 0 fully saturated rings. The van der Waals surface area contributed by atoms with E-state index in [9.17, 15) is 0 Å². The van der Waals surface area contributed by atoms with Crippen LogP contribution in [-0.2, 0) is 11.8 Å². The highest BCUT2D eigenvalue weighted by molar-refractivity contribution is 6.35. The summed E-state index contributed by atoms with van der Waals surface area (Å²) < 4.78 is 0. The summed E-state index contributed by atoms with van der Waals surface area (Å²) in [6.07, 6.45) is 2.76. The van der Waals surface area contributed by atoms with Gasteiger partial charge in [0.05, 0.1) is 0 Å². The molecular formula is C17H20Cl2N2. The van der Waals surface area contributed by atoms with Gasteiger partial charge < -0.3 is 5.32 Å². The normalized spacial score (nSPS) is 11.5. The molecule has 112 valence electrons. The number of benzene rings is 1. The van der Waals surface area contributed by atoms with Gasteiger partial charge in [0.15, 0.2) is 0 Å². The zero-order chi connectivity index (χ0) is 15.5. The molecule has 0 unspecified atom stereocenters. The van der Waals surface area contributed by atoms with Crippen LogP contribution in [0.5, 0.6) is 0 Å². The van der Waals surface area contributed by atoms with Crippen LogP contribution in [0.25, 0.3) is 0 Å². The first-order valence-electron chi connectivity index (χ1n) is 7.00. The standard InChI is InChI=1S/C17H20Cl2N2/c1-17(2,3)13-5-7-16(21-11-13)20-9-8-12-4-6-14(18)10-15(12)19/h4-7,10-11H,8-9H2,1-3H3,(H,20,21). The van der Waals surface area contributed by atoms with Crippen molar-refractivity contribution in [3.05, 3.63) is 57.7 Å². The highest BCUT2D eigenvalue weighted by atomic mass is 35.5. The Morgan fingerprint density at radius 2 is 1.86 bits per heavy atom. The summed E-state index contributed by atoms with van der Waals surface area (Å²) in [6.45, 7) is 7.32. The summed E-state index contributed by atoms with van der Waals surface area (Å²) >= 11 is 12.0. The lowest BCUT2D eigenvalue weighted by atomic mass is 9.88. The second kappa shape index (κ2) is 6.67. The van der Waals surface area contributed by atoms with E-state index in [2.05, 4.69) is 37.1 Å². The fourth-order valence-electron chi connectivity index (χ4n) is 1.99. The van der Waals surface area contributed by atoms with Gasteiger partial charge in [0.2, 0.25) is 0 Å². The van der Waals surface area contributed by atoms with Gasteiger partial charge in [0.25, 0.3) is 0 Å². The predicted octanol–water partition coefficient (Wildman–Crippen LogP) is 5.34. The van der Waals surface area contributed by atoms with E-state index in [0.29, 0.717) is 10.0 Å². The van der Waals surface area contributed by atoms with Crippen molar-refractivity contribution in [1.82, 2.24) is 4.98 Å². The van der Waals surface area contributed by atoms with Crippen molar-refractivity contribution in [3.8, 4) is 0 Å². The van der Waals surface area contributed by atoms with Crippen molar-refractivity contribution in [2.24, 2.45) is 0 Å². The van der Waals surface area contributed by atoms with Gasteiger partial charge >= 0.3 is 0 Å². The SMILES string of the molecule is CC(C)(C)c1ccc(NCCc2ccc(Cl)cc2Cl)nc1. The Kier molecular flexibility index (Phi) is 5.13. The van der Waals surface area contributed by atoms with E-state index in [4.69, 9.17) is 23.2 Å². The Morgan fingerprint density at radius 3 is 2.43 bits per heavy atom. The first-order valence-corrected chi connectivity index (χ1v) is 7.76. The maximum atomic E-state index is 6.15. The van der Waals surface area contributed by atoms with Crippen molar-refractivity contribution in [1.29, 1.82) is 0 Å². The Balaban J connectivity index is 1.91. The first-order chi connectivity index (χ1) is 9.86. The van der Waals surface area contributed by atoms with Crippen molar-refractivity contribution in [3.63, 3.8) is 0 Å². The van der Waals surface area contributed by atoms with Crippen LogP contribution < -0.4 is 5.32 Å². The zero-order valence-corrected chi connectivity index (χ0v) is 14.1. The van der Waals surface area contributed by atoms with Gasteiger partial charge in [0, 0.05) is 22.8 Å². The molecular weight excluding hydrogens is 303 g/mol. The third kappa shape index (κ3) is 4.62. The van der Waals surface area contributed by atoms with E-state index in [1.807, 2.05) is 24.4 Å². The maximum Gasteiger partial charge on any atom is 0.125 e. The van der Waals surface area contributed by atoms with Gasteiger partial charge in [-0.1, -0.05) is 56.1 Å². The lowest BCUT2D eigenvalue weighted by Gasteiger charge is -2.18. The fourth-order valence-corrected chi connectivity index (χ4v) is 2.49.